The zero-order valence-corrected chi connectivity index (χ0v) is 20.2. The lowest BCUT2D eigenvalue weighted by Gasteiger charge is -2.14. The van der Waals surface area contributed by atoms with Crippen LogP contribution in [0.4, 0.5) is 0 Å². The van der Waals surface area contributed by atoms with Gasteiger partial charge in [0.25, 0.3) is 11.8 Å². The van der Waals surface area contributed by atoms with E-state index in [1.54, 1.807) is 50.2 Å². The molecule has 2 amide bonds. The highest BCUT2D eigenvalue weighted by molar-refractivity contribution is 8.01. The number of nitrogens with one attached hydrogen (secondary N) is 2. The first kappa shape index (κ1) is 25.5. The molecule has 2 aromatic rings. The lowest BCUT2D eigenvalue weighted by molar-refractivity contribution is -0.120. The van der Waals surface area contributed by atoms with Gasteiger partial charge in [-0.3, -0.25) is 9.59 Å². The fourth-order valence-electron chi connectivity index (χ4n) is 2.14. The second kappa shape index (κ2) is 12.3. The van der Waals surface area contributed by atoms with Crippen LogP contribution in [0.2, 0.25) is 20.1 Å². The summed E-state index contributed by atoms with van der Waals surface area (Å²) in [4.78, 5) is 24.4. The number of amides is 2. The minimum absolute atomic E-state index is 0.347. The fraction of sp³-hybridized carbons (Fsp3) is 0.200. The number of thioether (sulfide) groups is 1. The van der Waals surface area contributed by atoms with Gasteiger partial charge in [0.2, 0.25) is 0 Å². The predicted molar refractivity (Wildman–Crippen MR) is 131 cm³/mol. The first-order valence-electron chi connectivity index (χ1n) is 8.88. The van der Waals surface area contributed by atoms with Crippen LogP contribution in [0.1, 0.15) is 25.0 Å². The van der Waals surface area contributed by atoms with Crippen molar-refractivity contribution in [3.8, 4) is 0 Å². The van der Waals surface area contributed by atoms with Crippen molar-refractivity contribution >= 4 is 82.4 Å². The van der Waals surface area contributed by atoms with Crippen LogP contribution < -0.4 is 10.9 Å². The minimum atomic E-state index is -0.522. The minimum Gasteiger partial charge on any atom is -0.272 e. The van der Waals surface area contributed by atoms with Crippen molar-refractivity contribution in [2.24, 2.45) is 10.2 Å². The summed E-state index contributed by atoms with van der Waals surface area (Å²) in [5.41, 5.74) is 6.23. The topological polar surface area (TPSA) is 82.9 Å². The molecule has 0 bridgehead atoms. The van der Waals surface area contributed by atoms with E-state index in [1.807, 2.05) is 0 Å². The number of hydrogen-bond acceptors (Lipinski definition) is 5. The quantitative estimate of drug-likeness (QED) is 0.361. The Morgan fingerprint density at radius 3 is 1.52 bits per heavy atom. The number of halogens is 4. The molecule has 0 aliphatic heterocycles. The van der Waals surface area contributed by atoms with Gasteiger partial charge in [-0.25, -0.2) is 10.9 Å². The molecular formula is C20H18Cl4N4O2S. The van der Waals surface area contributed by atoms with Crippen molar-refractivity contribution in [2.75, 3.05) is 0 Å². The number of carbonyl (C=O) groups is 2. The zero-order valence-electron chi connectivity index (χ0n) is 16.4. The van der Waals surface area contributed by atoms with Gasteiger partial charge in [-0.1, -0.05) is 58.5 Å². The predicted octanol–water partition coefficient (Wildman–Crippen LogP) is 5.41. The zero-order chi connectivity index (χ0) is 23.0. The van der Waals surface area contributed by atoms with Crippen LogP contribution in [0.3, 0.4) is 0 Å². The second-order valence-corrected chi connectivity index (χ2v) is 9.55. The number of carbonyl (C=O) groups excluding carboxylic acids is 2. The molecule has 0 saturated heterocycles. The SMILES string of the molecule is CC(SC(C)C(=O)NN=Cc1ccc(Cl)c(Cl)c1)C(=O)NN=Cc1ccc(Cl)c(Cl)c1. The fourth-order valence-corrected chi connectivity index (χ4v) is 3.72. The van der Waals surface area contributed by atoms with Crippen molar-refractivity contribution in [2.45, 2.75) is 24.3 Å². The molecule has 31 heavy (non-hydrogen) atoms. The third-order valence-corrected chi connectivity index (χ3v) is 6.53. The van der Waals surface area contributed by atoms with Crippen molar-refractivity contribution in [1.29, 1.82) is 0 Å². The van der Waals surface area contributed by atoms with E-state index in [-0.39, 0.29) is 11.8 Å². The number of benzene rings is 2. The van der Waals surface area contributed by atoms with E-state index < -0.39 is 10.5 Å². The molecule has 0 spiro atoms. The second-order valence-electron chi connectivity index (χ2n) is 6.24. The summed E-state index contributed by atoms with van der Waals surface area (Å²) < 4.78 is 0. The average molecular weight is 520 g/mol. The van der Waals surface area contributed by atoms with Crippen molar-refractivity contribution in [1.82, 2.24) is 10.9 Å². The van der Waals surface area contributed by atoms with E-state index in [0.717, 1.165) is 0 Å². The number of hydrazone groups is 2. The van der Waals surface area contributed by atoms with E-state index in [4.69, 9.17) is 46.4 Å². The van der Waals surface area contributed by atoms with Crippen LogP contribution in [0.25, 0.3) is 0 Å². The molecule has 2 N–H and O–H groups in total. The van der Waals surface area contributed by atoms with Crippen LogP contribution in [0.5, 0.6) is 0 Å². The number of nitrogens with zero attached hydrogens (tertiary/aromatic N) is 2. The number of hydrogen-bond donors (Lipinski definition) is 2. The highest BCUT2D eigenvalue weighted by Crippen LogP contribution is 2.23. The Balaban J connectivity index is 1.80. The van der Waals surface area contributed by atoms with E-state index >= 15 is 0 Å². The van der Waals surface area contributed by atoms with Gasteiger partial charge in [0.05, 0.1) is 43.0 Å². The van der Waals surface area contributed by atoms with Crippen LogP contribution in [0, 0.1) is 0 Å². The molecule has 0 heterocycles. The molecule has 2 atom stereocenters. The van der Waals surface area contributed by atoms with E-state index in [2.05, 4.69) is 21.1 Å². The molecule has 2 aromatic carbocycles. The smallest absolute Gasteiger partial charge is 0.252 e. The summed E-state index contributed by atoms with van der Waals surface area (Å²) in [6.45, 7) is 3.36. The first-order valence-corrected chi connectivity index (χ1v) is 11.3. The average Bonchev–Trinajstić information content (AvgIpc) is 2.72. The van der Waals surface area contributed by atoms with Gasteiger partial charge in [-0.2, -0.15) is 10.2 Å². The van der Waals surface area contributed by atoms with Gasteiger partial charge in [0, 0.05) is 0 Å². The van der Waals surface area contributed by atoms with E-state index in [9.17, 15) is 9.59 Å². The maximum Gasteiger partial charge on any atom is 0.252 e. The lowest BCUT2D eigenvalue weighted by Crippen LogP contribution is -2.33. The molecular weight excluding hydrogens is 502 g/mol. The third-order valence-electron chi connectivity index (χ3n) is 3.81. The summed E-state index contributed by atoms with van der Waals surface area (Å²) in [6.07, 6.45) is 2.90. The van der Waals surface area contributed by atoms with Gasteiger partial charge in [-0.05, 0) is 49.2 Å². The van der Waals surface area contributed by atoms with Gasteiger partial charge in [0.1, 0.15) is 0 Å². The lowest BCUT2D eigenvalue weighted by atomic mass is 10.2. The van der Waals surface area contributed by atoms with Crippen molar-refractivity contribution < 1.29 is 9.59 Å². The Morgan fingerprint density at radius 1 is 0.774 bits per heavy atom. The van der Waals surface area contributed by atoms with E-state index in [1.165, 1.54) is 24.2 Å². The summed E-state index contributed by atoms with van der Waals surface area (Å²) in [6, 6.07) is 9.96. The summed E-state index contributed by atoms with van der Waals surface area (Å²) in [5, 5.41) is 8.40. The van der Waals surface area contributed by atoms with Crippen LogP contribution in [-0.4, -0.2) is 34.7 Å². The van der Waals surface area contributed by atoms with Gasteiger partial charge >= 0.3 is 0 Å². The van der Waals surface area contributed by atoms with Gasteiger partial charge in [-0.15, -0.1) is 11.8 Å². The van der Waals surface area contributed by atoms with Gasteiger partial charge < -0.3 is 0 Å². The number of rotatable bonds is 8. The monoisotopic (exact) mass is 518 g/mol. The van der Waals surface area contributed by atoms with Crippen molar-refractivity contribution in [3.05, 3.63) is 67.6 Å². The molecule has 2 rings (SSSR count). The highest BCUT2D eigenvalue weighted by Gasteiger charge is 2.21. The van der Waals surface area contributed by atoms with Crippen molar-refractivity contribution in [3.63, 3.8) is 0 Å². The molecule has 0 fully saturated rings. The molecule has 11 heteroatoms. The molecule has 0 radical (unpaired) electrons. The Hall–Kier alpha value is -1.77. The molecule has 0 saturated carbocycles. The molecule has 0 aliphatic carbocycles. The van der Waals surface area contributed by atoms with Crippen LogP contribution in [-0.2, 0) is 9.59 Å². The summed E-state index contributed by atoms with van der Waals surface area (Å²) >= 11 is 24.7. The Morgan fingerprint density at radius 2 is 1.16 bits per heavy atom. The summed E-state index contributed by atoms with van der Waals surface area (Å²) in [7, 11) is 0. The maximum atomic E-state index is 12.2. The Kier molecular flexibility index (Phi) is 10.1. The van der Waals surface area contributed by atoms with Gasteiger partial charge in [0.15, 0.2) is 0 Å². The van der Waals surface area contributed by atoms with Crippen LogP contribution >= 0.6 is 58.2 Å². The Labute approximate surface area is 204 Å². The molecule has 2 unspecified atom stereocenters. The largest absolute Gasteiger partial charge is 0.272 e. The molecule has 0 aliphatic rings. The highest BCUT2D eigenvalue weighted by atomic mass is 35.5. The normalized spacial score (nSPS) is 13.4. The standard InChI is InChI=1S/C20H18Cl4N4O2S/c1-11(19(29)27-25-9-13-3-5-15(21)17(23)7-13)31-12(2)20(30)28-26-10-14-4-6-16(22)18(24)8-14/h3-12H,1-2H3,(H,27,29)(H,28,30). The van der Waals surface area contributed by atoms with E-state index in [0.29, 0.717) is 31.2 Å². The molecule has 0 aromatic heterocycles. The molecule has 164 valence electrons. The maximum absolute atomic E-state index is 12.2. The summed E-state index contributed by atoms with van der Waals surface area (Å²) in [5.74, 6) is -0.694. The third kappa shape index (κ3) is 8.35. The Bertz CT molecular complexity index is 937. The first-order chi connectivity index (χ1) is 14.7. The van der Waals surface area contributed by atoms with Crippen LogP contribution in [0.15, 0.2) is 46.6 Å². The molecule has 6 nitrogen and oxygen atoms in total.